The van der Waals surface area contributed by atoms with Crippen LogP contribution in [0.3, 0.4) is 0 Å². The molecule has 2 rings (SSSR count). The molecule has 1 aliphatic rings. The highest BCUT2D eigenvalue weighted by Crippen LogP contribution is 2.12. The van der Waals surface area contributed by atoms with Gasteiger partial charge in [0.2, 0.25) is 5.91 Å². The maximum atomic E-state index is 11.9. The lowest BCUT2D eigenvalue weighted by atomic mass is 10.1. The molecule has 1 atom stereocenters. The van der Waals surface area contributed by atoms with E-state index in [-0.39, 0.29) is 12.0 Å². The molecule has 0 saturated carbocycles. The van der Waals surface area contributed by atoms with Crippen molar-refractivity contribution in [1.29, 1.82) is 0 Å². The monoisotopic (exact) mass is 233 g/mol. The van der Waals surface area contributed by atoms with E-state index in [0.29, 0.717) is 13.0 Å². The average molecular weight is 233 g/mol. The SMILES string of the molecule is O=C(CCc1ccccc1)N1CCC[C@H](O)C1. The van der Waals surface area contributed by atoms with Gasteiger partial charge in [-0.1, -0.05) is 30.3 Å². The van der Waals surface area contributed by atoms with Crippen LogP contribution in [0.5, 0.6) is 0 Å². The van der Waals surface area contributed by atoms with Crippen LogP contribution in [0.25, 0.3) is 0 Å². The Hall–Kier alpha value is -1.35. The molecule has 1 amide bonds. The van der Waals surface area contributed by atoms with E-state index in [1.54, 1.807) is 4.90 Å². The summed E-state index contributed by atoms with van der Waals surface area (Å²) < 4.78 is 0. The fourth-order valence-electron chi connectivity index (χ4n) is 2.24. The van der Waals surface area contributed by atoms with Gasteiger partial charge in [-0.3, -0.25) is 4.79 Å². The van der Waals surface area contributed by atoms with E-state index in [0.717, 1.165) is 25.8 Å². The zero-order valence-corrected chi connectivity index (χ0v) is 10.0. The van der Waals surface area contributed by atoms with Gasteiger partial charge in [0, 0.05) is 19.5 Å². The van der Waals surface area contributed by atoms with E-state index < -0.39 is 0 Å². The molecule has 17 heavy (non-hydrogen) atoms. The van der Waals surface area contributed by atoms with E-state index in [1.807, 2.05) is 30.3 Å². The number of aryl methyl sites for hydroxylation is 1. The average Bonchev–Trinajstić information content (AvgIpc) is 2.37. The number of likely N-dealkylation sites (tertiary alicyclic amines) is 1. The van der Waals surface area contributed by atoms with Gasteiger partial charge in [0.1, 0.15) is 0 Å². The molecule has 1 aliphatic heterocycles. The number of rotatable bonds is 3. The highest BCUT2D eigenvalue weighted by Gasteiger charge is 2.21. The zero-order chi connectivity index (χ0) is 12.1. The summed E-state index contributed by atoms with van der Waals surface area (Å²) in [5, 5.41) is 9.52. The maximum absolute atomic E-state index is 11.9. The summed E-state index contributed by atoms with van der Waals surface area (Å²) in [6.45, 7) is 1.30. The first kappa shape index (κ1) is 12.1. The Balaban J connectivity index is 1.81. The van der Waals surface area contributed by atoms with E-state index in [1.165, 1.54) is 5.56 Å². The molecular weight excluding hydrogens is 214 g/mol. The van der Waals surface area contributed by atoms with Crippen molar-refractivity contribution in [2.24, 2.45) is 0 Å². The first-order valence-corrected chi connectivity index (χ1v) is 6.25. The Morgan fingerprint density at radius 2 is 2.12 bits per heavy atom. The van der Waals surface area contributed by atoms with Crippen LogP contribution in [0.15, 0.2) is 30.3 Å². The number of carbonyl (C=O) groups is 1. The molecule has 1 aromatic carbocycles. The van der Waals surface area contributed by atoms with Crippen LogP contribution in [0.1, 0.15) is 24.8 Å². The van der Waals surface area contributed by atoms with E-state index in [2.05, 4.69) is 0 Å². The van der Waals surface area contributed by atoms with Gasteiger partial charge in [-0.15, -0.1) is 0 Å². The molecule has 0 aromatic heterocycles. The van der Waals surface area contributed by atoms with Gasteiger partial charge in [-0.2, -0.15) is 0 Å². The number of amides is 1. The number of benzene rings is 1. The van der Waals surface area contributed by atoms with E-state index in [4.69, 9.17) is 0 Å². The van der Waals surface area contributed by atoms with Gasteiger partial charge >= 0.3 is 0 Å². The summed E-state index contributed by atoms with van der Waals surface area (Å²) in [7, 11) is 0. The molecule has 0 unspecified atom stereocenters. The molecule has 1 saturated heterocycles. The summed E-state index contributed by atoms with van der Waals surface area (Å²) in [6, 6.07) is 10.0. The van der Waals surface area contributed by atoms with Crippen molar-refractivity contribution < 1.29 is 9.90 Å². The van der Waals surface area contributed by atoms with Crippen molar-refractivity contribution in [2.75, 3.05) is 13.1 Å². The smallest absolute Gasteiger partial charge is 0.222 e. The molecule has 3 nitrogen and oxygen atoms in total. The number of aliphatic hydroxyl groups is 1. The highest BCUT2D eigenvalue weighted by molar-refractivity contribution is 5.76. The van der Waals surface area contributed by atoms with Crippen LogP contribution < -0.4 is 0 Å². The van der Waals surface area contributed by atoms with Gasteiger partial charge in [-0.05, 0) is 24.8 Å². The number of hydrogen-bond acceptors (Lipinski definition) is 2. The second-order valence-electron chi connectivity index (χ2n) is 4.62. The lowest BCUT2D eigenvalue weighted by Crippen LogP contribution is -2.42. The number of piperidine rings is 1. The first-order valence-electron chi connectivity index (χ1n) is 6.25. The molecule has 0 radical (unpaired) electrons. The van der Waals surface area contributed by atoms with Crippen molar-refractivity contribution in [3.8, 4) is 0 Å². The van der Waals surface area contributed by atoms with Crippen molar-refractivity contribution >= 4 is 5.91 Å². The van der Waals surface area contributed by atoms with Gasteiger partial charge in [-0.25, -0.2) is 0 Å². The van der Waals surface area contributed by atoms with Crippen molar-refractivity contribution in [3.05, 3.63) is 35.9 Å². The van der Waals surface area contributed by atoms with Gasteiger partial charge in [0.15, 0.2) is 0 Å². The number of nitrogens with zero attached hydrogens (tertiary/aromatic N) is 1. The van der Waals surface area contributed by atoms with Crippen LogP contribution in [-0.2, 0) is 11.2 Å². The van der Waals surface area contributed by atoms with Gasteiger partial charge < -0.3 is 10.0 Å². The quantitative estimate of drug-likeness (QED) is 0.861. The molecule has 1 fully saturated rings. The first-order chi connectivity index (χ1) is 8.25. The Kier molecular flexibility index (Phi) is 4.15. The number of β-amino-alcohol motifs (C(OH)–C–C–N with tert-alkyl or cyclic N) is 1. The fourth-order valence-corrected chi connectivity index (χ4v) is 2.24. The standard InChI is InChI=1S/C14H19NO2/c16-13-7-4-10-15(11-13)14(17)9-8-12-5-2-1-3-6-12/h1-3,5-6,13,16H,4,7-11H2/t13-/m0/s1. The molecule has 1 aromatic rings. The molecule has 0 spiro atoms. The molecule has 0 aliphatic carbocycles. The summed E-state index contributed by atoms with van der Waals surface area (Å²) in [6.07, 6.45) is 2.73. The largest absolute Gasteiger partial charge is 0.391 e. The highest BCUT2D eigenvalue weighted by atomic mass is 16.3. The second-order valence-corrected chi connectivity index (χ2v) is 4.62. The number of carbonyl (C=O) groups excluding carboxylic acids is 1. The molecule has 92 valence electrons. The maximum Gasteiger partial charge on any atom is 0.222 e. The Bertz CT molecular complexity index is 364. The summed E-state index contributed by atoms with van der Waals surface area (Å²) in [5.41, 5.74) is 1.19. The third-order valence-electron chi connectivity index (χ3n) is 3.22. The Morgan fingerprint density at radius 1 is 1.35 bits per heavy atom. The summed E-state index contributed by atoms with van der Waals surface area (Å²) >= 11 is 0. The van der Waals surface area contributed by atoms with E-state index in [9.17, 15) is 9.90 Å². The van der Waals surface area contributed by atoms with Gasteiger partial charge in [0.25, 0.3) is 0 Å². The normalized spacial score (nSPS) is 20.3. The Labute approximate surface area is 102 Å². The number of hydrogen-bond donors (Lipinski definition) is 1. The molecule has 1 N–H and O–H groups in total. The topological polar surface area (TPSA) is 40.5 Å². The lowest BCUT2D eigenvalue weighted by Gasteiger charge is -2.30. The lowest BCUT2D eigenvalue weighted by molar-refractivity contribution is -0.134. The fraction of sp³-hybridized carbons (Fsp3) is 0.500. The van der Waals surface area contributed by atoms with Crippen molar-refractivity contribution in [1.82, 2.24) is 4.90 Å². The minimum absolute atomic E-state index is 0.160. The summed E-state index contributed by atoms with van der Waals surface area (Å²) in [4.78, 5) is 13.7. The second kappa shape index (κ2) is 5.82. The molecule has 1 heterocycles. The third-order valence-corrected chi connectivity index (χ3v) is 3.22. The minimum atomic E-state index is -0.329. The molecule has 3 heteroatoms. The van der Waals surface area contributed by atoms with Crippen LogP contribution in [0.4, 0.5) is 0 Å². The van der Waals surface area contributed by atoms with Gasteiger partial charge in [0.05, 0.1) is 6.10 Å². The predicted molar refractivity (Wildman–Crippen MR) is 66.6 cm³/mol. The number of aliphatic hydroxyl groups excluding tert-OH is 1. The Morgan fingerprint density at radius 3 is 2.82 bits per heavy atom. The van der Waals surface area contributed by atoms with Crippen molar-refractivity contribution in [3.63, 3.8) is 0 Å². The molecule has 0 bridgehead atoms. The minimum Gasteiger partial charge on any atom is -0.391 e. The summed E-state index contributed by atoms with van der Waals surface area (Å²) in [5.74, 6) is 0.160. The van der Waals surface area contributed by atoms with Crippen LogP contribution in [-0.4, -0.2) is 35.1 Å². The zero-order valence-electron chi connectivity index (χ0n) is 10.0. The third kappa shape index (κ3) is 3.56. The van der Waals surface area contributed by atoms with Crippen LogP contribution in [0, 0.1) is 0 Å². The van der Waals surface area contributed by atoms with Crippen molar-refractivity contribution in [2.45, 2.75) is 31.8 Å². The predicted octanol–water partition coefficient (Wildman–Crippen LogP) is 1.60. The van der Waals surface area contributed by atoms with Crippen LogP contribution in [0.2, 0.25) is 0 Å². The van der Waals surface area contributed by atoms with Crippen LogP contribution >= 0.6 is 0 Å². The molecular formula is C14H19NO2. The van der Waals surface area contributed by atoms with E-state index >= 15 is 0 Å².